The van der Waals surface area contributed by atoms with Gasteiger partial charge in [0.15, 0.2) is 0 Å². The molecule has 0 spiro atoms. The Labute approximate surface area is 86.3 Å². The first-order valence-corrected chi connectivity index (χ1v) is 4.62. The average Bonchev–Trinajstić information content (AvgIpc) is 2.12. The largest absolute Gasteiger partial charge is 0.389 e. The first-order chi connectivity index (χ1) is 7.08. The van der Waals surface area contributed by atoms with E-state index in [1.54, 1.807) is 13.0 Å². The third-order valence-corrected chi connectivity index (χ3v) is 2.45. The Hall–Kier alpha value is -1.69. The maximum absolute atomic E-state index is 10.6. The van der Waals surface area contributed by atoms with E-state index in [-0.39, 0.29) is 11.8 Å². The minimum atomic E-state index is -0.447. The van der Waals surface area contributed by atoms with E-state index < -0.39 is 4.92 Å². The molecular weight excluding hydrogens is 198 g/mol. The highest BCUT2D eigenvalue weighted by atomic mass is 16.6. The molecule has 6 heteroatoms. The van der Waals surface area contributed by atoms with Gasteiger partial charge in [-0.1, -0.05) is 0 Å². The molecule has 0 radical (unpaired) electrons. The summed E-state index contributed by atoms with van der Waals surface area (Å²) in [4.78, 5) is 16.0. The molecule has 1 aliphatic rings. The molecule has 1 fully saturated rings. The van der Waals surface area contributed by atoms with E-state index in [0.717, 1.165) is 0 Å². The molecule has 80 valence electrons. The zero-order valence-corrected chi connectivity index (χ0v) is 8.25. The summed E-state index contributed by atoms with van der Waals surface area (Å²) in [6.07, 6.45) is 0.956. The number of nitrogens with zero attached hydrogens (tertiary/aromatic N) is 3. The number of anilines is 1. The van der Waals surface area contributed by atoms with Crippen LogP contribution >= 0.6 is 0 Å². The molecular formula is C9H11N3O3. The molecule has 0 atom stereocenters. The zero-order valence-electron chi connectivity index (χ0n) is 8.25. The predicted molar refractivity (Wildman–Crippen MR) is 53.8 cm³/mol. The lowest BCUT2D eigenvalue weighted by Crippen LogP contribution is -2.51. The summed E-state index contributed by atoms with van der Waals surface area (Å²) in [5.74, 6) is 0.684. The number of aliphatic hydroxyl groups excluding tert-OH is 1. The highest BCUT2D eigenvalue weighted by Gasteiger charge is 2.26. The summed E-state index contributed by atoms with van der Waals surface area (Å²) in [5, 5.41) is 19.7. The van der Waals surface area contributed by atoms with Gasteiger partial charge in [-0.25, -0.2) is 4.98 Å². The highest BCUT2D eigenvalue weighted by molar-refractivity contribution is 5.50. The van der Waals surface area contributed by atoms with Gasteiger partial charge >= 0.3 is 0 Å². The Kier molecular flexibility index (Phi) is 2.28. The minimum Gasteiger partial charge on any atom is -0.389 e. The van der Waals surface area contributed by atoms with Gasteiger partial charge in [0.1, 0.15) is 12.0 Å². The van der Waals surface area contributed by atoms with Crippen molar-refractivity contribution in [2.75, 3.05) is 18.0 Å². The number of rotatable bonds is 2. The summed E-state index contributed by atoms with van der Waals surface area (Å²) in [7, 11) is 0. The Morgan fingerprint density at radius 2 is 2.33 bits per heavy atom. The standard InChI is InChI=1S/C9H11N3O3/c1-6-2-9(11-4-7(13)5-11)10-3-8(6)12(14)15/h2-3,7,13H,4-5H2,1H3. The molecule has 0 saturated carbocycles. The Morgan fingerprint density at radius 1 is 1.67 bits per heavy atom. The number of hydrogen-bond donors (Lipinski definition) is 1. The van der Waals surface area contributed by atoms with E-state index in [4.69, 9.17) is 5.11 Å². The molecule has 1 saturated heterocycles. The van der Waals surface area contributed by atoms with E-state index in [0.29, 0.717) is 24.5 Å². The maximum atomic E-state index is 10.6. The van der Waals surface area contributed by atoms with Crippen molar-refractivity contribution in [3.63, 3.8) is 0 Å². The minimum absolute atomic E-state index is 0.0276. The molecule has 2 rings (SSSR count). The van der Waals surface area contributed by atoms with Crippen LogP contribution in [-0.4, -0.2) is 34.2 Å². The summed E-state index contributed by atoms with van der Waals surface area (Å²) < 4.78 is 0. The van der Waals surface area contributed by atoms with Crippen molar-refractivity contribution < 1.29 is 10.0 Å². The van der Waals surface area contributed by atoms with Crippen LogP contribution in [0.2, 0.25) is 0 Å². The molecule has 0 aromatic carbocycles. The third-order valence-electron chi connectivity index (χ3n) is 2.45. The fraction of sp³-hybridized carbons (Fsp3) is 0.444. The molecule has 1 aliphatic heterocycles. The summed E-state index contributed by atoms with van der Waals surface area (Å²) in [5.41, 5.74) is 0.617. The number of aryl methyl sites for hydroxylation is 1. The summed E-state index contributed by atoms with van der Waals surface area (Å²) in [6, 6.07) is 1.67. The van der Waals surface area contributed by atoms with E-state index in [1.165, 1.54) is 6.20 Å². The van der Waals surface area contributed by atoms with Crippen molar-refractivity contribution in [1.29, 1.82) is 0 Å². The van der Waals surface area contributed by atoms with Crippen molar-refractivity contribution in [2.45, 2.75) is 13.0 Å². The lowest BCUT2D eigenvalue weighted by Gasteiger charge is -2.36. The van der Waals surface area contributed by atoms with Gasteiger partial charge in [-0.15, -0.1) is 0 Å². The molecule has 1 N–H and O–H groups in total. The number of pyridine rings is 1. The molecule has 0 bridgehead atoms. The van der Waals surface area contributed by atoms with Gasteiger partial charge in [0.05, 0.1) is 11.0 Å². The van der Waals surface area contributed by atoms with Gasteiger partial charge in [0.2, 0.25) is 0 Å². The van der Waals surface area contributed by atoms with Crippen LogP contribution in [0.5, 0.6) is 0 Å². The lowest BCUT2D eigenvalue weighted by molar-refractivity contribution is -0.385. The van der Waals surface area contributed by atoms with E-state index in [9.17, 15) is 10.1 Å². The molecule has 15 heavy (non-hydrogen) atoms. The van der Waals surface area contributed by atoms with Gasteiger partial charge in [-0.2, -0.15) is 0 Å². The topological polar surface area (TPSA) is 79.5 Å². The highest BCUT2D eigenvalue weighted by Crippen LogP contribution is 2.24. The number of aliphatic hydroxyl groups is 1. The normalized spacial score (nSPS) is 16.3. The first kappa shape index (κ1) is 9.85. The Balaban J connectivity index is 2.22. The smallest absolute Gasteiger partial charge is 0.290 e. The maximum Gasteiger partial charge on any atom is 0.290 e. The van der Waals surface area contributed by atoms with Crippen LogP contribution in [0, 0.1) is 17.0 Å². The van der Waals surface area contributed by atoms with Crippen molar-refractivity contribution >= 4 is 11.5 Å². The number of β-amino-alcohol motifs (C(OH)–C–C–N with tert-alkyl or cyclic N) is 1. The van der Waals surface area contributed by atoms with Crippen molar-refractivity contribution in [3.8, 4) is 0 Å². The Bertz CT molecular complexity index is 402. The van der Waals surface area contributed by atoms with Gasteiger partial charge in [0.25, 0.3) is 5.69 Å². The van der Waals surface area contributed by atoms with Crippen LogP contribution in [0.15, 0.2) is 12.3 Å². The van der Waals surface area contributed by atoms with Crippen molar-refractivity contribution in [3.05, 3.63) is 27.9 Å². The second kappa shape index (κ2) is 3.47. The quantitative estimate of drug-likeness (QED) is 0.566. The van der Waals surface area contributed by atoms with Crippen LogP contribution in [0.25, 0.3) is 0 Å². The van der Waals surface area contributed by atoms with Gasteiger partial charge in [0, 0.05) is 18.7 Å². The first-order valence-electron chi connectivity index (χ1n) is 4.62. The van der Waals surface area contributed by atoms with Crippen LogP contribution in [0.3, 0.4) is 0 Å². The fourth-order valence-electron chi connectivity index (χ4n) is 1.54. The second-order valence-electron chi connectivity index (χ2n) is 3.64. The fourth-order valence-corrected chi connectivity index (χ4v) is 1.54. The second-order valence-corrected chi connectivity index (χ2v) is 3.64. The molecule has 6 nitrogen and oxygen atoms in total. The SMILES string of the molecule is Cc1cc(N2CC(O)C2)ncc1[N+](=O)[O-]. The molecule has 1 aromatic heterocycles. The molecule has 0 aliphatic carbocycles. The van der Waals surface area contributed by atoms with E-state index >= 15 is 0 Å². The van der Waals surface area contributed by atoms with Crippen molar-refractivity contribution in [2.24, 2.45) is 0 Å². The number of hydrogen-bond acceptors (Lipinski definition) is 5. The van der Waals surface area contributed by atoms with Gasteiger partial charge in [-0.3, -0.25) is 10.1 Å². The number of nitro groups is 1. The average molecular weight is 209 g/mol. The number of aromatic nitrogens is 1. The molecule has 0 amide bonds. The summed E-state index contributed by atoms with van der Waals surface area (Å²) >= 11 is 0. The third kappa shape index (κ3) is 1.75. The lowest BCUT2D eigenvalue weighted by atomic mass is 10.1. The zero-order chi connectivity index (χ0) is 11.0. The van der Waals surface area contributed by atoms with Crippen LogP contribution in [0.1, 0.15) is 5.56 Å². The van der Waals surface area contributed by atoms with Gasteiger partial charge in [-0.05, 0) is 13.0 Å². The Morgan fingerprint density at radius 3 is 2.80 bits per heavy atom. The van der Waals surface area contributed by atoms with Crippen LogP contribution in [-0.2, 0) is 0 Å². The molecule has 2 heterocycles. The molecule has 0 unspecified atom stereocenters. The van der Waals surface area contributed by atoms with E-state index in [1.807, 2.05) is 4.90 Å². The van der Waals surface area contributed by atoms with Crippen LogP contribution in [0.4, 0.5) is 11.5 Å². The monoisotopic (exact) mass is 209 g/mol. The van der Waals surface area contributed by atoms with Gasteiger partial charge < -0.3 is 10.0 Å². The predicted octanol–water partition coefficient (Wildman–Crippen LogP) is 0.479. The van der Waals surface area contributed by atoms with Crippen molar-refractivity contribution in [1.82, 2.24) is 4.98 Å². The summed E-state index contributed by atoms with van der Waals surface area (Å²) in [6.45, 7) is 2.77. The molecule has 1 aromatic rings. The van der Waals surface area contributed by atoms with E-state index in [2.05, 4.69) is 4.98 Å². The van der Waals surface area contributed by atoms with Crippen LogP contribution < -0.4 is 4.90 Å².